The predicted molar refractivity (Wildman–Crippen MR) is 136 cm³/mol. The maximum Gasteiger partial charge on any atom is 0.327 e. The van der Waals surface area contributed by atoms with Gasteiger partial charge < -0.3 is 15.1 Å². The second kappa shape index (κ2) is 10.4. The summed E-state index contributed by atoms with van der Waals surface area (Å²) >= 11 is 0. The number of azo groups is 1. The van der Waals surface area contributed by atoms with Crippen LogP contribution >= 0.6 is 0 Å². The number of pyridine rings is 1. The van der Waals surface area contributed by atoms with Gasteiger partial charge in [0, 0.05) is 26.3 Å². The minimum Gasteiger partial charge on any atom is -0.341 e. The number of carbonyl (C=O) groups excluding carboxylic acids is 4. The van der Waals surface area contributed by atoms with Crippen LogP contribution in [0.5, 0.6) is 0 Å². The molecule has 0 bridgehead atoms. The monoisotopic (exact) mass is 509 g/mol. The number of nitrogens with zero attached hydrogens (tertiary/aromatic N) is 6. The molecule has 11 heteroatoms. The molecule has 3 unspecified atom stereocenters. The Hall–Kier alpha value is -3.63. The molecule has 0 aromatic carbocycles. The summed E-state index contributed by atoms with van der Waals surface area (Å²) in [6, 6.07) is 3.59. The number of hydrogen-bond acceptors (Lipinski definition) is 7. The van der Waals surface area contributed by atoms with Gasteiger partial charge in [-0.05, 0) is 50.3 Å². The van der Waals surface area contributed by atoms with Crippen molar-refractivity contribution in [2.45, 2.75) is 64.2 Å². The van der Waals surface area contributed by atoms with E-state index >= 15 is 0 Å². The zero-order valence-corrected chi connectivity index (χ0v) is 22.0. The van der Waals surface area contributed by atoms with Crippen LogP contribution in [0.2, 0.25) is 0 Å². The van der Waals surface area contributed by atoms with Gasteiger partial charge in [-0.3, -0.25) is 24.3 Å². The maximum atomic E-state index is 13.5. The topological polar surface area (TPSA) is 128 Å². The average molecular weight is 510 g/mol. The summed E-state index contributed by atoms with van der Waals surface area (Å²) < 4.78 is 0. The van der Waals surface area contributed by atoms with Crippen LogP contribution in [0.4, 0.5) is 4.79 Å². The smallest absolute Gasteiger partial charge is 0.327 e. The molecule has 3 aliphatic heterocycles. The Labute approximate surface area is 217 Å². The lowest BCUT2D eigenvalue weighted by atomic mass is 9.84. The van der Waals surface area contributed by atoms with E-state index in [2.05, 4.69) is 20.5 Å². The maximum absolute atomic E-state index is 13.5. The first-order valence-electron chi connectivity index (χ1n) is 12.8. The molecule has 198 valence electrons. The Kier molecular flexibility index (Phi) is 7.42. The number of hydrogen-bond donors (Lipinski definition) is 1. The number of amides is 5. The van der Waals surface area contributed by atoms with Crippen molar-refractivity contribution in [2.24, 2.45) is 16.1 Å². The summed E-state index contributed by atoms with van der Waals surface area (Å²) in [5.41, 5.74) is 0.251. The van der Waals surface area contributed by atoms with Gasteiger partial charge in [-0.2, -0.15) is 10.2 Å². The molecule has 3 aliphatic rings. The molecule has 2 saturated heterocycles. The molecule has 1 spiro atoms. The Morgan fingerprint density at radius 1 is 1.16 bits per heavy atom. The van der Waals surface area contributed by atoms with E-state index in [-0.39, 0.29) is 41.5 Å². The number of piperidine rings is 1. The van der Waals surface area contributed by atoms with Crippen LogP contribution in [0.15, 0.2) is 46.3 Å². The van der Waals surface area contributed by atoms with Crippen LogP contribution in [-0.4, -0.2) is 93.8 Å². The summed E-state index contributed by atoms with van der Waals surface area (Å²) in [6.45, 7) is 8.71. The molecule has 2 fully saturated rings. The largest absolute Gasteiger partial charge is 0.341 e. The molecule has 3 atom stereocenters. The van der Waals surface area contributed by atoms with E-state index in [9.17, 15) is 19.2 Å². The van der Waals surface area contributed by atoms with E-state index in [4.69, 9.17) is 0 Å². The van der Waals surface area contributed by atoms with Gasteiger partial charge in [-0.1, -0.05) is 26.0 Å². The number of nitrogens with one attached hydrogen (secondary N) is 1. The molecular formula is C26H35N7O4. The standard InChI is InChI=1S/C26H35N7O4/c1-16(2)21(29-22(34)20-8-6-7-11-27-20)23(35)32-12-9-26(10-13-32)24(36)31(5)25(37)33(26)17(3)14-19-15-28-30-18(19)4/h6-8,11,14,16-18,21H,9-10,12-13,15H2,1-5H3,(H,29,34)/b19-14-. The van der Waals surface area contributed by atoms with E-state index < -0.39 is 17.5 Å². The average Bonchev–Trinajstić information content (AvgIpc) is 3.37. The molecule has 4 rings (SSSR count). The van der Waals surface area contributed by atoms with Crippen molar-refractivity contribution >= 4 is 23.8 Å². The first kappa shape index (κ1) is 26.4. The molecule has 11 nitrogen and oxygen atoms in total. The van der Waals surface area contributed by atoms with Gasteiger partial charge in [0.15, 0.2) is 0 Å². The molecular weight excluding hydrogens is 474 g/mol. The van der Waals surface area contributed by atoms with Crippen molar-refractivity contribution in [3.8, 4) is 0 Å². The van der Waals surface area contributed by atoms with Gasteiger partial charge in [-0.25, -0.2) is 4.79 Å². The zero-order valence-electron chi connectivity index (χ0n) is 22.0. The van der Waals surface area contributed by atoms with Crippen LogP contribution < -0.4 is 5.32 Å². The molecule has 1 N–H and O–H groups in total. The Bertz CT molecular complexity index is 1120. The van der Waals surface area contributed by atoms with E-state index in [0.29, 0.717) is 32.5 Å². The van der Waals surface area contributed by atoms with Crippen LogP contribution in [0.1, 0.15) is 51.0 Å². The molecule has 37 heavy (non-hydrogen) atoms. The summed E-state index contributed by atoms with van der Waals surface area (Å²) in [6.07, 6.45) is 4.16. The van der Waals surface area contributed by atoms with Crippen molar-refractivity contribution in [2.75, 3.05) is 26.7 Å². The minimum atomic E-state index is -1.01. The second-order valence-electron chi connectivity index (χ2n) is 10.4. The number of rotatable bonds is 6. The number of likely N-dealkylation sites (N-methyl/N-ethyl adjacent to an activating group) is 1. The predicted octanol–water partition coefficient (Wildman–Crippen LogP) is 2.26. The third kappa shape index (κ3) is 4.86. The lowest BCUT2D eigenvalue weighted by molar-refractivity contribution is -0.142. The summed E-state index contributed by atoms with van der Waals surface area (Å²) in [5.74, 6) is -1.01. The lowest BCUT2D eigenvalue weighted by Gasteiger charge is -2.44. The fraction of sp³-hybridized carbons (Fsp3) is 0.577. The number of imide groups is 1. The minimum absolute atomic E-state index is 0.0433. The SMILES string of the molecule is CC1N=NC/C1=C/C(C)N1C(=O)N(C)C(=O)C12CCN(C(=O)C(NC(=O)c1ccccn1)C(C)C)CC2. The van der Waals surface area contributed by atoms with Crippen molar-refractivity contribution in [3.63, 3.8) is 0 Å². The van der Waals surface area contributed by atoms with Gasteiger partial charge in [0.2, 0.25) is 5.91 Å². The zero-order chi connectivity index (χ0) is 26.9. The van der Waals surface area contributed by atoms with E-state index in [0.717, 1.165) is 5.57 Å². The second-order valence-corrected chi connectivity index (χ2v) is 10.4. The van der Waals surface area contributed by atoms with Gasteiger partial charge >= 0.3 is 6.03 Å². The highest BCUT2D eigenvalue weighted by Crippen LogP contribution is 2.39. The van der Waals surface area contributed by atoms with Crippen LogP contribution in [-0.2, 0) is 9.59 Å². The molecule has 1 aromatic heterocycles. The van der Waals surface area contributed by atoms with Crippen LogP contribution in [0.25, 0.3) is 0 Å². The number of carbonyl (C=O) groups is 4. The van der Waals surface area contributed by atoms with Crippen molar-refractivity contribution < 1.29 is 19.2 Å². The Morgan fingerprint density at radius 3 is 2.43 bits per heavy atom. The molecule has 1 aromatic rings. The van der Waals surface area contributed by atoms with Crippen molar-refractivity contribution in [1.82, 2.24) is 25.0 Å². The molecule has 0 radical (unpaired) electrons. The normalized spacial score (nSPS) is 23.9. The fourth-order valence-electron chi connectivity index (χ4n) is 5.41. The van der Waals surface area contributed by atoms with Gasteiger partial charge in [0.05, 0.1) is 18.6 Å². The third-order valence-corrected chi connectivity index (χ3v) is 7.58. The Morgan fingerprint density at radius 2 is 1.86 bits per heavy atom. The van der Waals surface area contributed by atoms with Crippen molar-refractivity contribution in [1.29, 1.82) is 0 Å². The van der Waals surface area contributed by atoms with Gasteiger partial charge in [0.1, 0.15) is 17.3 Å². The number of likely N-dealkylation sites (tertiary alicyclic amines) is 1. The highest BCUT2D eigenvalue weighted by atomic mass is 16.2. The van der Waals surface area contributed by atoms with E-state index in [1.165, 1.54) is 18.1 Å². The highest BCUT2D eigenvalue weighted by Gasteiger charge is 2.58. The summed E-state index contributed by atoms with van der Waals surface area (Å²) in [7, 11) is 1.51. The lowest BCUT2D eigenvalue weighted by Crippen LogP contribution is -2.61. The quantitative estimate of drug-likeness (QED) is 0.465. The molecule has 5 amide bonds. The first-order valence-corrected chi connectivity index (χ1v) is 12.8. The van der Waals surface area contributed by atoms with Crippen molar-refractivity contribution in [3.05, 3.63) is 41.7 Å². The third-order valence-electron chi connectivity index (χ3n) is 7.58. The van der Waals surface area contributed by atoms with Crippen LogP contribution in [0, 0.1) is 5.92 Å². The number of urea groups is 1. The summed E-state index contributed by atoms with van der Waals surface area (Å²) in [5, 5.41) is 11.1. The molecule has 0 saturated carbocycles. The van der Waals surface area contributed by atoms with Crippen LogP contribution in [0.3, 0.4) is 0 Å². The first-order chi connectivity index (χ1) is 17.6. The fourth-order valence-corrected chi connectivity index (χ4v) is 5.41. The van der Waals surface area contributed by atoms with E-state index in [1.807, 2.05) is 33.8 Å². The Balaban J connectivity index is 1.49. The van der Waals surface area contributed by atoms with Gasteiger partial charge in [-0.15, -0.1) is 0 Å². The highest BCUT2D eigenvalue weighted by molar-refractivity contribution is 6.07. The molecule has 4 heterocycles. The van der Waals surface area contributed by atoms with E-state index in [1.54, 1.807) is 28.0 Å². The summed E-state index contributed by atoms with van der Waals surface area (Å²) in [4.78, 5) is 61.3. The molecule has 0 aliphatic carbocycles. The van der Waals surface area contributed by atoms with Gasteiger partial charge in [0.25, 0.3) is 11.8 Å². The number of aromatic nitrogens is 1.